The summed E-state index contributed by atoms with van der Waals surface area (Å²) in [5.41, 5.74) is 12.8. The molecule has 23 heavy (non-hydrogen) atoms. The number of rotatable bonds is 3. The number of fused-ring (bicyclic) bond motifs is 1. The van der Waals surface area contributed by atoms with E-state index in [0.29, 0.717) is 6.54 Å². The molecule has 0 radical (unpaired) electrons. The number of aryl methyl sites for hydroxylation is 1. The molecule has 6 heteroatoms. The highest BCUT2D eigenvalue weighted by Crippen LogP contribution is 2.25. The number of hydrogen-bond donors (Lipinski definition) is 2. The Morgan fingerprint density at radius 2 is 2.09 bits per heavy atom. The minimum absolute atomic E-state index is 0.546. The van der Waals surface area contributed by atoms with E-state index in [4.69, 9.17) is 5.73 Å². The Kier molecular flexibility index (Phi) is 3.17. The number of aromatic nitrogens is 5. The van der Waals surface area contributed by atoms with Gasteiger partial charge in [0.25, 0.3) is 0 Å². The predicted octanol–water partition coefficient (Wildman–Crippen LogP) is 2.55. The molecule has 0 aliphatic heterocycles. The van der Waals surface area contributed by atoms with Gasteiger partial charge in [-0.25, -0.2) is 9.50 Å². The summed E-state index contributed by atoms with van der Waals surface area (Å²) in [5.74, 6) is 0. The van der Waals surface area contributed by atoms with Gasteiger partial charge in [0.1, 0.15) is 0 Å². The van der Waals surface area contributed by atoms with Crippen LogP contribution in [-0.2, 0) is 6.54 Å². The lowest BCUT2D eigenvalue weighted by atomic mass is 10.0. The summed E-state index contributed by atoms with van der Waals surface area (Å²) in [6.45, 7) is 2.62. The van der Waals surface area contributed by atoms with Crippen LogP contribution in [0.1, 0.15) is 11.1 Å². The van der Waals surface area contributed by atoms with E-state index >= 15 is 0 Å². The summed E-state index contributed by atoms with van der Waals surface area (Å²) in [6, 6.07) is 10.2. The summed E-state index contributed by atoms with van der Waals surface area (Å²) in [7, 11) is 0. The Balaban J connectivity index is 1.88. The molecule has 4 rings (SSSR count). The van der Waals surface area contributed by atoms with Crippen LogP contribution in [0, 0.1) is 6.92 Å². The first kappa shape index (κ1) is 13.7. The highest BCUT2D eigenvalue weighted by Gasteiger charge is 2.11. The zero-order valence-electron chi connectivity index (χ0n) is 12.7. The van der Waals surface area contributed by atoms with Crippen LogP contribution >= 0.6 is 0 Å². The first-order chi connectivity index (χ1) is 11.3. The van der Waals surface area contributed by atoms with Gasteiger partial charge in [-0.15, -0.1) is 0 Å². The lowest BCUT2D eigenvalue weighted by molar-refractivity contribution is 0.950. The third kappa shape index (κ3) is 2.29. The maximum atomic E-state index is 5.75. The van der Waals surface area contributed by atoms with Gasteiger partial charge in [0, 0.05) is 36.1 Å². The number of benzene rings is 1. The van der Waals surface area contributed by atoms with Crippen LogP contribution in [0.5, 0.6) is 0 Å². The average Bonchev–Trinajstić information content (AvgIpc) is 3.23. The summed E-state index contributed by atoms with van der Waals surface area (Å²) >= 11 is 0. The zero-order valence-corrected chi connectivity index (χ0v) is 12.7. The minimum Gasteiger partial charge on any atom is -0.326 e. The van der Waals surface area contributed by atoms with Crippen molar-refractivity contribution in [2.75, 3.05) is 0 Å². The molecular weight excluding hydrogens is 288 g/mol. The summed E-state index contributed by atoms with van der Waals surface area (Å²) < 4.78 is 1.86. The second-order valence-corrected chi connectivity index (χ2v) is 5.46. The molecule has 0 atom stereocenters. The SMILES string of the molecule is Cc1cc(-c2ccnc3cc(-c4cn[nH]c4)nn23)ccc1CN. The molecule has 3 aromatic heterocycles. The highest BCUT2D eigenvalue weighted by atomic mass is 15.3. The molecule has 6 nitrogen and oxygen atoms in total. The molecule has 0 unspecified atom stereocenters. The van der Waals surface area contributed by atoms with Crippen molar-refractivity contribution in [2.45, 2.75) is 13.5 Å². The molecule has 4 aromatic rings. The first-order valence-electron chi connectivity index (χ1n) is 7.40. The summed E-state index contributed by atoms with van der Waals surface area (Å²) in [6.07, 6.45) is 5.38. The number of H-pyrrole nitrogens is 1. The van der Waals surface area contributed by atoms with Gasteiger partial charge in [-0.3, -0.25) is 5.10 Å². The van der Waals surface area contributed by atoms with Crippen molar-refractivity contribution < 1.29 is 0 Å². The van der Waals surface area contributed by atoms with E-state index in [-0.39, 0.29) is 0 Å². The first-order valence-corrected chi connectivity index (χ1v) is 7.40. The monoisotopic (exact) mass is 304 g/mol. The molecule has 0 aliphatic rings. The van der Waals surface area contributed by atoms with E-state index in [1.165, 1.54) is 5.56 Å². The zero-order chi connectivity index (χ0) is 15.8. The van der Waals surface area contributed by atoms with E-state index < -0.39 is 0 Å². The second kappa shape index (κ2) is 5.33. The topological polar surface area (TPSA) is 84.9 Å². The number of nitrogens with one attached hydrogen (secondary N) is 1. The third-order valence-corrected chi connectivity index (χ3v) is 4.01. The molecule has 0 aliphatic carbocycles. The normalized spacial score (nSPS) is 11.2. The Morgan fingerprint density at radius 1 is 1.17 bits per heavy atom. The maximum absolute atomic E-state index is 5.75. The van der Waals surface area contributed by atoms with Crippen molar-refractivity contribution in [1.29, 1.82) is 0 Å². The van der Waals surface area contributed by atoms with Crippen LogP contribution in [-0.4, -0.2) is 24.8 Å². The van der Waals surface area contributed by atoms with Gasteiger partial charge in [-0.1, -0.05) is 12.1 Å². The van der Waals surface area contributed by atoms with Crippen LogP contribution in [0.4, 0.5) is 0 Å². The summed E-state index contributed by atoms with van der Waals surface area (Å²) in [5, 5.41) is 11.5. The number of nitrogens with two attached hydrogens (primary N) is 1. The third-order valence-electron chi connectivity index (χ3n) is 4.01. The molecule has 0 saturated carbocycles. The van der Waals surface area contributed by atoms with Crippen molar-refractivity contribution >= 4 is 5.65 Å². The van der Waals surface area contributed by atoms with Gasteiger partial charge < -0.3 is 5.73 Å². The Bertz CT molecular complexity index is 968. The summed E-state index contributed by atoms with van der Waals surface area (Å²) in [4.78, 5) is 4.40. The second-order valence-electron chi connectivity index (χ2n) is 5.46. The van der Waals surface area contributed by atoms with E-state index in [2.05, 4.69) is 45.4 Å². The van der Waals surface area contributed by atoms with Crippen LogP contribution in [0.2, 0.25) is 0 Å². The molecule has 114 valence electrons. The average molecular weight is 304 g/mol. The van der Waals surface area contributed by atoms with Gasteiger partial charge in [0.2, 0.25) is 0 Å². The largest absolute Gasteiger partial charge is 0.326 e. The van der Waals surface area contributed by atoms with E-state index in [0.717, 1.165) is 33.7 Å². The molecule has 0 spiro atoms. The minimum atomic E-state index is 0.546. The number of aromatic amines is 1. The lowest BCUT2D eigenvalue weighted by Crippen LogP contribution is -2.00. The predicted molar refractivity (Wildman–Crippen MR) is 88.6 cm³/mol. The fourth-order valence-corrected chi connectivity index (χ4v) is 2.73. The Hall–Kier alpha value is -2.99. The van der Waals surface area contributed by atoms with Crippen molar-refractivity contribution in [3.63, 3.8) is 0 Å². The van der Waals surface area contributed by atoms with Crippen molar-refractivity contribution in [3.05, 3.63) is 60.0 Å². The molecule has 0 bridgehead atoms. The highest BCUT2D eigenvalue weighted by molar-refractivity contribution is 5.68. The van der Waals surface area contributed by atoms with E-state index in [9.17, 15) is 0 Å². The molecule has 0 amide bonds. The van der Waals surface area contributed by atoms with Gasteiger partial charge >= 0.3 is 0 Å². The van der Waals surface area contributed by atoms with Gasteiger partial charge in [0.15, 0.2) is 5.65 Å². The fourth-order valence-electron chi connectivity index (χ4n) is 2.73. The molecule has 1 aromatic carbocycles. The van der Waals surface area contributed by atoms with E-state index in [1.54, 1.807) is 12.4 Å². The van der Waals surface area contributed by atoms with Crippen LogP contribution in [0.25, 0.3) is 28.2 Å². The van der Waals surface area contributed by atoms with Gasteiger partial charge in [-0.2, -0.15) is 10.2 Å². The Morgan fingerprint density at radius 3 is 2.83 bits per heavy atom. The molecule has 3 heterocycles. The lowest BCUT2D eigenvalue weighted by Gasteiger charge is -2.08. The standard InChI is InChI=1S/C17H16N6/c1-11-6-12(2-3-13(11)8-18)16-4-5-19-17-7-15(22-23(16)17)14-9-20-21-10-14/h2-7,9-10H,8,18H2,1H3,(H,20,21). The van der Waals surface area contributed by atoms with Crippen molar-refractivity contribution in [1.82, 2.24) is 24.8 Å². The maximum Gasteiger partial charge on any atom is 0.156 e. The number of nitrogens with zero attached hydrogens (tertiary/aromatic N) is 4. The Labute approximate surface area is 133 Å². The molecular formula is C17H16N6. The molecule has 0 fully saturated rings. The molecule has 3 N–H and O–H groups in total. The van der Waals surface area contributed by atoms with Gasteiger partial charge in [-0.05, 0) is 30.2 Å². The fraction of sp³-hybridized carbons (Fsp3) is 0.118. The van der Waals surface area contributed by atoms with Crippen molar-refractivity contribution in [2.24, 2.45) is 5.73 Å². The van der Waals surface area contributed by atoms with Crippen LogP contribution in [0.15, 0.2) is 48.9 Å². The van der Waals surface area contributed by atoms with E-state index in [1.807, 2.05) is 22.8 Å². The smallest absolute Gasteiger partial charge is 0.156 e. The number of hydrogen-bond acceptors (Lipinski definition) is 4. The van der Waals surface area contributed by atoms with Crippen LogP contribution < -0.4 is 5.73 Å². The molecule has 0 saturated heterocycles. The van der Waals surface area contributed by atoms with Gasteiger partial charge in [0.05, 0.1) is 17.6 Å². The van der Waals surface area contributed by atoms with Crippen LogP contribution in [0.3, 0.4) is 0 Å². The quantitative estimate of drug-likeness (QED) is 0.609. The van der Waals surface area contributed by atoms with Crippen molar-refractivity contribution in [3.8, 4) is 22.5 Å².